The van der Waals surface area contributed by atoms with E-state index in [1.165, 1.54) is 30.0 Å². The minimum atomic E-state index is -0.422. The minimum absolute atomic E-state index is 0.0527. The molecule has 0 unspecified atom stereocenters. The van der Waals surface area contributed by atoms with Crippen LogP contribution in [0.5, 0.6) is 0 Å². The van der Waals surface area contributed by atoms with E-state index >= 15 is 0 Å². The standard InChI is InChI=1S/C12H10Cl2N2O2S/c13-8-3-2-7(6-9(8)14)11(17)10(16-18)12-15-4-1-5-19-12/h2-3,6,18H,1,4-5H2/b16-10-. The number of ketones is 1. The van der Waals surface area contributed by atoms with Gasteiger partial charge in [0.15, 0.2) is 5.71 Å². The fraction of sp³-hybridized carbons (Fsp3) is 0.250. The van der Waals surface area contributed by atoms with Crippen molar-refractivity contribution in [1.82, 2.24) is 0 Å². The third-order valence-corrected chi connectivity index (χ3v) is 4.32. The molecule has 1 aromatic carbocycles. The molecule has 1 heterocycles. The number of hydrogen-bond acceptors (Lipinski definition) is 5. The summed E-state index contributed by atoms with van der Waals surface area (Å²) in [6, 6.07) is 4.52. The largest absolute Gasteiger partial charge is 0.410 e. The maximum Gasteiger partial charge on any atom is 0.217 e. The molecule has 1 aliphatic heterocycles. The third kappa shape index (κ3) is 3.29. The maximum atomic E-state index is 12.3. The number of hydrogen-bond donors (Lipinski definition) is 1. The van der Waals surface area contributed by atoms with Gasteiger partial charge in [-0.25, -0.2) is 0 Å². The number of carbonyl (C=O) groups is 1. The first-order chi connectivity index (χ1) is 9.13. The molecule has 0 aromatic heterocycles. The van der Waals surface area contributed by atoms with Crippen molar-refractivity contribution >= 4 is 51.5 Å². The van der Waals surface area contributed by atoms with Crippen LogP contribution in [0.4, 0.5) is 0 Å². The Labute approximate surface area is 124 Å². The van der Waals surface area contributed by atoms with Gasteiger partial charge >= 0.3 is 0 Å². The molecule has 0 fully saturated rings. The number of nitrogens with zero attached hydrogens (tertiary/aromatic N) is 2. The van der Waals surface area contributed by atoms with Gasteiger partial charge in [0.25, 0.3) is 0 Å². The van der Waals surface area contributed by atoms with Crippen LogP contribution in [0.2, 0.25) is 10.0 Å². The van der Waals surface area contributed by atoms with E-state index in [2.05, 4.69) is 10.1 Å². The number of Topliss-reactive ketones (excluding diaryl/α,β-unsaturated/α-hetero) is 1. The molecule has 1 aromatic rings. The number of halogens is 2. The zero-order valence-corrected chi connectivity index (χ0v) is 12.1. The number of aliphatic imine (C=N–C) groups is 1. The van der Waals surface area contributed by atoms with Crippen molar-refractivity contribution in [2.75, 3.05) is 12.3 Å². The highest BCUT2D eigenvalue weighted by atomic mass is 35.5. The van der Waals surface area contributed by atoms with Crippen LogP contribution < -0.4 is 0 Å². The third-order valence-electron chi connectivity index (χ3n) is 2.50. The maximum absolute atomic E-state index is 12.3. The molecular weight excluding hydrogens is 307 g/mol. The van der Waals surface area contributed by atoms with Crippen molar-refractivity contribution in [2.24, 2.45) is 10.1 Å². The molecule has 0 spiro atoms. The van der Waals surface area contributed by atoms with Gasteiger partial charge < -0.3 is 5.21 Å². The monoisotopic (exact) mass is 316 g/mol. The first kappa shape index (κ1) is 14.4. The Bertz CT molecular complexity index is 573. The van der Waals surface area contributed by atoms with E-state index in [4.69, 9.17) is 28.4 Å². The van der Waals surface area contributed by atoms with Gasteiger partial charge in [-0.15, -0.1) is 11.8 Å². The van der Waals surface area contributed by atoms with Crippen LogP contribution in [-0.4, -0.2) is 34.0 Å². The fourth-order valence-electron chi connectivity index (χ4n) is 1.56. The summed E-state index contributed by atoms with van der Waals surface area (Å²) >= 11 is 13.1. The molecule has 7 heteroatoms. The molecule has 0 amide bonds. The first-order valence-corrected chi connectivity index (χ1v) is 7.27. The number of benzene rings is 1. The Kier molecular flexibility index (Phi) is 4.85. The average Bonchev–Trinajstić information content (AvgIpc) is 2.44. The van der Waals surface area contributed by atoms with E-state index in [0.717, 1.165) is 12.2 Å². The van der Waals surface area contributed by atoms with Gasteiger partial charge in [0.2, 0.25) is 5.78 Å². The second kappa shape index (κ2) is 6.41. The van der Waals surface area contributed by atoms with E-state index < -0.39 is 5.78 Å². The molecular formula is C12H10Cl2N2O2S. The molecule has 19 heavy (non-hydrogen) atoms. The van der Waals surface area contributed by atoms with Crippen LogP contribution in [0.1, 0.15) is 16.8 Å². The molecule has 0 atom stereocenters. The second-order valence-corrected chi connectivity index (χ2v) is 5.69. The number of carbonyl (C=O) groups excluding carboxylic acids is 1. The lowest BCUT2D eigenvalue weighted by Gasteiger charge is -2.11. The smallest absolute Gasteiger partial charge is 0.217 e. The summed E-state index contributed by atoms with van der Waals surface area (Å²) in [4.78, 5) is 16.4. The number of oxime groups is 1. The zero-order chi connectivity index (χ0) is 13.8. The summed E-state index contributed by atoms with van der Waals surface area (Å²) in [7, 11) is 0. The van der Waals surface area contributed by atoms with E-state index in [1.807, 2.05) is 0 Å². The van der Waals surface area contributed by atoms with Crippen LogP contribution >= 0.6 is 35.0 Å². The first-order valence-electron chi connectivity index (χ1n) is 5.53. The summed E-state index contributed by atoms with van der Waals surface area (Å²) < 4.78 is 0. The molecule has 2 rings (SSSR count). The summed E-state index contributed by atoms with van der Waals surface area (Å²) in [6.07, 6.45) is 0.952. The molecule has 1 aliphatic rings. The SMILES string of the molecule is O=C(/C(=N/O)C1=NCCCS1)c1ccc(Cl)c(Cl)c1. The highest BCUT2D eigenvalue weighted by Crippen LogP contribution is 2.24. The summed E-state index contributed by atoms with van der Waals surface area (Å²) in [5.41, 5.74) is 0.263. The van der Waals surface area contributed by atoms with Crippen LogP contribution in [0.3, 0.4) is 0 Å². The molecule has 100 valence electrons. The molecule has 0 saturated carbocycles. The minimum Gasteiger partial charge on any atom is -0.410 e. The summed E-state index contributed by atoms with van der Waals surface area (Å²) in [5, 5.41) is 13.2. The van der Waals surface area contributed by atoms with Crippen LogP contribution in [0.15, 0.2) is 28.3 Å². The fourth-order valence-corrected chi connectivity index (χ4v) is 2.78. The van der Waals surface area contributed by atoms with Crippen molar-refractivity contribution in [3.63, 3.8) is 0 Å². The normalized spacial score (nSPS) is 16.1. The van der Waals surface area contributed by atoms with E-state index in [-0.39, 0.29) is 10.7 Å². The van der Waals surface area contributed by atoms with Crippen molar-refractivity contribution in [2.45, 2.75) is 6.42 Å². The Morgan fingerprint density at radius 3 is 2.74 bits per heavy atom. The molecule has 1 N–H and O–H groups in total. The van der Waals surface area contributed by atoms with Gasteiger partial charge in [-0.1, -0.05) is 28.4 Å². The number of thioether (sulfide) groups is 1. The number of rotatable bonds is 3. The van der Waals surface area contributed by atoms with Gasteiger partial charge in [0, 0.05) is 17.9 Å². The molecule has 0 aliphatic carbocycles. The van der Waals surface area contributed by atoms with Gasteiger partial charge in [-0.3, -0.25) is 9.79 Å². The predicted molar refractivity (Wildman–Crippen MR) is 79.4 cm³/mol. The van der Waals surface area contributed by atoms with Crippen molar-refractivity contribution in [1.29, 1.82) is 0 Å². The predicted octanol–water partition coefficient (Wildman–Crippen LogP) is 3.54. The summed E-state index contributed by atoms with van der Waals surface area (Å²) in [6.45, 7) is 0.635. The highest BCUT2D eigenvalue weighted by Gasteiger charge is 2.23. The lowest BCUT2D eigenvalue weighted by atomic mass is 10.1. The average molecular weight is 317 g/mol. The zero-order valence-electron chi connectivity index (χ0n) is 9.77. The Morgan fingerprint density at radius 2 is 2.16 bits per heavy atom. The lowest BCUT2D eigenvalue weighted by Crippen LogP contribution is -2.24. The van der Waals surface area contributed by atoms with E-state index in [1.54, 1.807) is 0 Å². The van der Waals surface area contributed by atoms with Crippen LogP contribution in [-0.2, 0) is 0 Å². The molecule has 4 nitrogen and oxygen atoms in total. The van der Waals surface area contributed by atoms with Gasteiger partial charge in [-0.05, 0) is 24.6 Å². The Morgan fingerprint density at radius 1 is 1.37 bits per heavy atom. The van der Waals surface area contributed by atoms with Crippen molar-refractivity contribution in [3.8, 4) is 0 Å². The van der Waals surface area contributed by atoms with E-state index in [0.29, 0.717) is 22.2 Å². The topological polar surface area (TPSA) is 62.0 Å². The van der Waals surface area contributed by atoms with Crippen LogP contribution in [0, 0.1) is 0 Å². The van der Waals surface area contributed by atoms with Gasteiger partial charge in [0.1, 0.15) is 5.04 Å². The van der Waals surface area contributed by atoms with Gasteiger partial charge in [0.05, 0.1) is 10.0 Å². The molecule has 0 radical (unpaired) electrons. The molecule has 0 bridgehead atoms. The Balaban J connectivity index is 2.31. The summed E-state index contributed by atoms with van der Waals surface area (Å²) in [5.74, 6) is 0.432. The quantitative estimate of drug-likeness (QED) is 0.401. The van der Waals surface area contributed by atoms with Gasteiger partial charge in [-0.2, -0.15) is 0 Å². The van der Waals surface area contributed by atoms with Crippen molar-refractivity contribution < 1.29 is 10.0 Å². The van der Waals surface area contributed by atoms with E-state index in [9.17, 15) is 4.79 Å². The second-order valence-electron chi connectivity index (χ2n) is 3.80. The molecule has 0 saturated heterocycles. The lowest BCUT2D eigenvalue weighted by molar-refractivity contribution is 0.106. The Hall–Kier alpha value is -1.04. The highest BCUT2D eigenvalue weighted by molar-refractivity contribution is 8.16. The van der Waals surface area contributed by atoms with Crippen molar-refractivity contribution in [3.05, 3.63) is 33.8 Å². The van der Waals surface area contributed by atoms with Crippen LogP contribution in [0.25, 0.3) is 0 Å².